The summed E-state index contributed by atoms with van der Waals surface area (Å²) in [6.07, 6.45) is 1.92. The van der Waals surface area contributed by atoms with E-state index >= 15 is 0 Å². The van der Waals surface area contributed by atoms with Crippen LogP contribution < -0.4 is 4.74 Å². The van der Waals surface area contributed by atoms with E-state index in [0.717, 1.165) is 16.2 Å². The topological polar surface area (TPSA) is 26.5 Å². The number of alkyl halides is 1. The molecule has 0 saturated carbocycles. The van der Waals surface area contributed by atoms with Crippen molar-refractivity contribution in [1.29, 1.82) is 0 Å². The highest BCUT2D eigenvalue weighted by Gasteiger charge is 2.15. The molecular weight excluding hydrogens is 331 g/mol. The molecule has 0 radical (unpaired) electrons. The van der Waals surface area contributed by atoms with Gasteiger partial charge in [-0.05, 0) is 24.6 Å². The summed E-state index contributed by atoms with van der Waals surface area (Å²) >= 11 is 4.92. The second kappa shape index (κ2) is 4.94. The number of nitrogens with zero attached hydrogens (tertiary/aromatic N) is 2. The molecule has 0 aliphatic heterocycles. The third-order valence-electron chi connectivity index (χ3n) is 2.74. The Bertz CT molecular complexity index is 737. The standard InChI is InChI=1S/C13H10BrFN2OS/c1-8-2-3-9(15)11(6-8)18-12-10(7-14)17-4-5-19-13(17)16-12/h2-6H,7H2,1H3. The maximum atomic E-state index is 13.7. The first-order chi connectivity index (χ1) is 9.19. The monoisotopic (exact) mass is 340 g/mol. The van der Waals surface area contributed by atoms with E-state index in [1.54, 1.807) is 12.1 Å². The molecule has 6 heteroatoms. The van der Waals surface area contributed by atoms with E-state index in [0.29, 0.717) is 11.2 Å². The maximum Gasteiger partial charge on any atom is 0.243 e. The molecule has 3 aromatic rings. The lowest BCUT2D eigenvalue weighted by Gasteiger charge is -2.06. The molecule has 0 fully saturated rings. The summed E-state index contributed by atoms with van der Waals surface area (Å²) in [5.41, 5.74) is 1.81. The molecule has 0 atom stereocenters. The Morgan fingerprint density at radius 2 is 2.32 bits per heavy atom. The van der Waals surface area contributed by atoms with Crippen molar-refractivity contribution >= 4 is 32.2 Å². The molecule has 3 nitrogen and oxygen atoms in total. The van der Waals surface area contributed by atoms with E-state index in [4.69, 9.17) is 4.74 Å². The molecule has 0 unspecified atom stereocenters. The zero-order chi connectivity index (χ0) is 13.4. The second-order valence-electron chi connectivity index (χ2n) is 4.09. The van der Waals surface area contributed by atoms with Gasteiger partial charge >= 0.3 is 0 Å². The predicted molar refractivity (Wildman–Crippen MR) is 76.9 cm³/mol. The van der Waals surface area contributed by atoms with Gasteiger partial charge in [-0.25, -0.2) is 4.39 Å². The van der Waals surface area contributed by atoms with E-state index in [-0.39, 0.29) is 11.6 Å². The highest BCUT2D eigenvalue weighted by Crippen LogP contribution is 2.31. The lowest BCUT2D eigenvalue weighted by molar-refractivity contribution is 0.426. The Morgan fingerprint density at radius 3 is 3.11 bits per heavy atom. The first-order valence-corrected chi connectivity index (χ1v) is 7.63. The molecule has 0 aliphatic rings. The van der Waals surface area contributed by atoms with Gasteiger partial charge in [0.05, 0.1) is 5.69 Å². The number of thiazole rings is 1. The highest BCUT2D eigenvalue weighted by atomic mass is 79.9. The lowest BCUT2D eigenvalue weighted by Crippen LogP contribution is -1.93. The van der Waals surface area contributed by atoms with Gasteiger partial charge in [0.2, 0.25) is 5.88 Å². The molecule has 2 aromatic heterocycles. The average molecular weight is 341 g/mol. The summed E-state index contributed by atoms with van der Waals surface area (Å²) in [7, 11) is 0. The van der Waals surface area contributed by atoms with Crippen LogP contribution in [0.1, 0.15) is 11.3 Å². The van der Waals surface area contributed by atoms with Crippen LogP contribution in [0.3, 0.4) is 0 Å². The molecule has 98 valence electrons. The number of aromatic nitrogens is 2. The average Bonchev–Trinajstić information content (AvgIpc) is 2.94. The van der Waals surface area contributed by atoms with Gasteiger partial charge in [-0.2, -0.15) is 4.98 Å². The first-order valence-electron chi connectivity index (χ1n) is 5.63. The molecule has 1 aromatic carbocycles. The summed E-state index contributed by atoms with van der Waals surface area (Å²) in [5.74, 6) is 0.253. The van der Waals surface area contributed by atoms with Crippen LogP contribution in [0.2, 0.25) is 0 Å². The van der Waals surface area contributed by atoms with E-state index in [1.807, 2.05) is 22.9 Å². The van der Waals surface area contributed by atoms with Crippen molar-refractivity contribution in [2.75, 3.05) is 0 Å². The van der Waals surface area contributed by atoms with E-state index in [9.17, 15) is 4.39 Å². The number of hydrogen-bond donors (Lipinski definition) is 0. The van der Waals surface area contributed by atoms with E-state index < -0.39 is 0 Å². The smallest absolute Gasteiger partial charge is 0.243 e. The van der Waals surface area contributed by atoms with Crippen LogP contribution >= 0.6 is 27.3 Å². The van der Waals surface area contributed by atoms with Gasteiger partial charge in [-0.1, -0.05) is 22.0 Å². The van der Waals surface area contributed by atoms with Gasteiger partial charge in [0, 0.05) is 16.9 Å². The normalized spacial score (nSPS) is 11.1. The molecule has 0 bridgehead atoms. The molecule has 19 heavy (non-hydrogen) atoms. The zero-order valence-corrected chi connectivity index (χ0v) is 12.5. The number of ether oxygens (including phenoxy) is 1. The van der Waals surface area contributed by atoms with Crippen LogP contribution in [0.5, 0.6) is 11.6 Å². The fraction of sp³-hybridized carbons (Fsp3) is 0.154. The third kappa shape index (κ3) is 2.26. The van der Waals surface area contributed by atoms with Crippen molar-refractivity contribution in [3.05, 3.63) is 46.9 Å². The Hall–Kier alpha value is -1.40. The van der Waals surface area contributed by atoms with Crippen LogP contribution in [0.25, 0.3) is 4.96 Å². The summed E-state index contributed by atoms with van der Waals surface area (Å²) in [4.78, 5) is 5.20. The summed E-state index contributed by atoms with van der Waals surface area (Å²) < 4.78 is 21.3. The molecule has 0 amide bonds. The summed E-state index contributed by atoms with van der Waals surface area (Å²) in [6.45, 7) is 1.89. The molecule has 2 heterocycles. The number of benzene rings is 1. The van der Waals surface area contributed by atoms with Crippen LogP contribution in [-0.2, 0) is 5.33 Å². The quantitative estimate of drug-likeness (QED) is 0.655. The number of fused-ring (bicyclic) bond motifs is 1. The van der Waals surface area contributed by atoms with Crippen LogP contribution in [0.15, 0.2) is 29.8 Å². The van der Waals surface area contributed by atoms with Crippen molar-refractivity contribution in [1.82, 2.24) is 9.38 Å². The molecule has 3 rings (SSSR count). The van der Waals surface area contributed by atoms with Gasteiger partial charge < -0.3 is 4.74 Å². The maximum absolute atomic E-state index is 13.7. The Kier molecular flexibility index (Phi) is 3.28. The molecule has 0 N–H and O–H groups in total. The predicted octanol–water partition coefficient (Wildman–Crippen LogP) is 4.53. The van der Waals surface area contributed by atoms with Gasteiger partial charge in [0.1, 0.15) is 0 Å². The van der Waals surface area contributed by atoms with Crippen molar-refractivity contribution in [2.24, 2.45) is 0 Å². The van der Waals surface area contributed by atoms with Crippen LogP contribution in [-0.4, -0.2) is 9.38 Å². The SMILES string of the molecule is Cc1ccc(F)c(Oc2nc3sccn3c2CBr)c1. The van der Waals surface area contributed by atoms with Crippen molar-refractivity contribution in [3.8, 4) is 11.6 Å². The Balaban J connectivity index is 2.05. The molecular formula is C13H10BrFN2OS. The number of aryl methyl sites for hydroxylation is 1. The minimum absolute atomic E-state index is 0.202. The zero-order valence-electron chi connectivity index (χ0n) is 10.1. The van der Waals surface area contributed by atoms with Gasteiger partial charge in [0.15, 0.2) is 16.5 Å². The number of imidazole rings is 1. The second-order valence-corrected chi connectivity index (χ2v) is 5.52. The lowest BCUT2D eigenvalue weighted by atomic mass is 10.2. The largest absolute Gasteiger partial charge is 0.434 e. The van der Waals surface area contributed by atoms with E-state index in [2.05, 4.69) is 20.9 Å². The fourth-order valence-electron chi connectivity index (χ4n) is 1.81. The number of rotatable bonds is 3. The van der Waals surface area contributed by atoms with Crippen molar-refractivity contribution in [3.63, 3.8) is 0 Å². The first kappa shape index (κ1) is 12.6. The van der Waals surface area contributed by atoms with Gasteiger partial charge in [-0.15, -0.1) is 11.3 Å². The Labute approximate surface area is 121 Å². The van der Waals surface area contributed by atoms with E-state index in [1.165, 1.54) is 17.4 Å². The molecule has 0 aliphatic carbocycles. The summed E-state index contributed by atoms with van der Waals surface area (Å²) in [5, 5.41) is 2.54. The van der Waals surface area contributed by atoms with Crippen LogP contribution in [0, 0.1) is 12.7 Å². The number of halogens is 2. The van der Waals surface area contributed by atoms with Gasteiger partial charge in [0.25, 0.3) is 0 Å². The third-order valence-corrected chi connectivity index (χ3v) is 4.03. The minimum atomic E-state index is -0.387. The molecule has 0 spiro atoms. The highest BCUT2D eigenvalue weighted by molar-refractivity contribution is 9.08. The van der Waals surface area contributed by atoms with Gasteiger partial charge in [-0.3, -0.25) is 4.40 Å². The summed E-state index contributed by atoms with van der Waals surface area (Å²) in [6, 6.07) is 4.77. The Morgan fingerprint density at radius 1 is 1.47 bits per heavy atom. The van der Waals surface area contributed by atoms with Crippen molar-refractivity contribution in [2.45, 2.75) is 12.3 Å². The fourth-order valence-corrected chi connectivity index (χ4v) is 3.04. The van der Waals surface area contributed by atoms with Crippen molar-refractivity contribution < 1.29 is 9.13 Å². The van der Waals surface area contributed by atoms with Crippen LogP contribution in [0.4, 0.5) is 4.39 Å². The minimum Gasteiger partial charge on any atom is -0.434 e. The molecule has 0 saturated heterocycles. The number of hydrogen-bond acceptors (Lipinski definition) is 3.